The summed E-state index contributed by atoms with van der Waals surface area (Å²) >= 11 is 0. The Kier molecular flexibility index (Phi) is 9.11. The minimum atomic E-state index is -0.463. The molecule has 0 bridgehead atoms. The lowest BCUT2D eigenvalue weighted by molar-refractivity contribution is 0.660. The van der Waals surface area contributed by atoms with E-state index in [1.165, 1.54) is 111 Å². The molecule has 1 atom stereocenters. The second-order valence-electron chi connectivity index (χ2n) is 20.9. The molecule has 2 heteroatoms. The molecule has 3 aliphatic carbocycles. The van der Waals surface area contributed by atoms with Crippen LogP contribution in [-0.2, 0) is 10.8 Å². The summed E-state index contributed by atoms with van der Waals surface area (Å²) in [6, 6.07) is 92.8. The summed E-state index contributed by atoms with van der Waals surface area (Å²) in [6.07, 6.45) is 1.98. The van der Waals surface area contributed by atoms with Crippen molar-refractivity contribution in [2.24, 2.45) is 0 Å². The molecule has 15 rings (SSSR count). The minimum absolute atomic E-state index is 0.116. The van der Waals surface area contributed by atoms with Crippen LogP contribution in [0.25, 0.3) is 89.2 Å². The third kappa shape index (κ3) is 5.94. The molecule has 0 saturated heterocycles. The lowest BCUT2D eigenvalue weighted by Gasteiger charge is -2.31. The van der Waals surface area contributed by atoms with E-state index in [4.69, 9.17) is 0 Å². The number of nitrogens with zero attached hydrogens (tertiary/aromatic N) is 2. The summed E-state index contributed by atoms with van der Waals surface area (Å²) in [5.74, 6) is 0. The first-order valence-corrected chi connectivity index (χ1v) is 25.9. The summed E-state index contributed by atoms with van der Waals surface area (Å²) in [5.41, 5.74) is 28.1. The molecule has 0 amide bonds. The first-order valence-electron chi connectivity index (χ1n) is 25.9. The summed E-state index contributed by atoms with van der Waals surface area (Å²) in [4.78, 5) is 2.41. The van der Waals surface area contributed by atoms with Gasteiger partial charge in [0, 0.05) is 38.9 Å². The molecule has 0 radical (unpaired) electrons. The molecule has 0 fully saturated rings. The van der Waals surface area contributed by atoms with Crippen molar-refractivity contribution in [1.82, 2.24) is 4.57 Å². The Labute approximate surface area is 432 Å². The molecule has 1 heterocycles. The highest BCUT2D eigenvalue weighted by Gasteiger charge is 2.52. The number of hydrogen-bond donors (Lipinski definition) is 0. The van der Waals surface area contributed by atoms with E-state index in [9.17, 15) is 0 Å². The maximum absolute atomic E-state index is 4.20. The van der Waals surface area contributed by atoms with Crippen molar-refractivity contribution >= 4 is 44.9 Å². The van der Waals surface area contributed by atoms with Crippen LogP contribution in [-0.4, -0.2) is 4.57 Å². The normalized spacial score (nSPS) is 15.1. The van der Waals surface area contributed by atoms with Crippen molar-refractivity contribution in [3.63, 3.8) is 0 Å². The Morgan fingerprint density at radius 3 is 1.53 bits per heavy atom. The fraction of sp³-hybridized carbons (Fsp3) is 0.0556. The zero-order valence-corrected chi connectivity index (χ0v) is 41.4. The molecule has 1 aromatic heterocycles. The van der Waals surface area contributed by atoms with Crippen molar-refractivity contribution in [2.45, 2.75) is 24.7 Å². The van der Waals surface area contributed by atoms with E-state index in [1.807, 2.05) is 6.08 Å². The van der Waals surface area contributed by atoms with Crippen LogP contribution in [0, 0.1) is 0 Å². The van der Waals surface area contributed by atoms with Crippen molar-refractivity contribution in [3.8, 4) is 61.3 Å². The first-order chi connectivity index (χ1) is 36.4. The molecule has 3 aliphatic rings. The van der Waals surface area contributed by atoms with E-state index in [0.717, 1.165) is 28.3 Å². The molecule has 1 unspecified atom stereocenters. The SMILES string of the molecule is C=Cc1ccc2c(c1)C1(c3ccccc3-2)c2ccccc2-c2ccc(-n3c4ccccc4c4cc(-c5ccc(N(c6ccc(-c7ccccc7)cc6)c6ccc7c(c6)C(C)(C)c6ccccc6-7)cc5)ccc43)cc21. The maximum atomic E-state index is 4.20. The fourth-order valence-corrected chi connectivity index (χ4v) is 13.4. The van der Waals surface area contributed by atoms with Gasteiger partial charge in [-0.2, -0.15) is 0 Å². The average molecular weight is 943 g/mol. The molecule has 12 aromatic rings. The number of para-hydroxylation sites is 1. The fourth-order valence-electron chi connectivity index (χ4n) is 13.4. The van der Waals surface area contributed by atoms with Gasteiger partial charge in [0.25, 0.3) is 0 Å². The lowest BCUT2D eigenvalue weighted by Crippen LogP contribution is -2.26. The standard InChI is InChI=1S/C72H50N2/c1-4-46-26-38-59-56-19-9-13-23-64(56)72(67(59)42-46)65-24-14-10-20-57(65)60-40-37-54(45-68(60)72)74-69-25-15-11-21-61(69)62-43-50(31-41-70(62)74)49-29-34-52(35-30-49)73(51-32-27-48(28-33-51)47-16-6-5-7-17-47)53-36-39-58-55-18-8-12-22-63(55)71(2,3)66(58)44-53/h4-45H,1H2,2-3H3. The number of hydrogen-bond acceptors (Lipinski definition) is 1. The molecular weight excluding hydrogens is 893 g/mol. The Balaban J connectivity index is 0.843. The van der Waals surface area contributed by atoms with E-state index in [-0.39, 0.29) is 5.41 Å². The number of fused-ring (bicyclic) bond motifs is 16. The zero-order chi connectivity index (χ0) is 49.3. The molecular formula is C72H50N2. The van der Waals surface area contributed by atoms with Gasteiger partial charge in [0.2, 0.25) is 0 Å². The summed E-state index contributed by atoms with van der Waals surface area (Å²) in [5, 5.41) is 2.47. The van der Waals surface area contributed by atoms with Crippen molar-refractivity contribution in [1.29, 1.82) is 0 Å². The van der Waals surface area contributed by atoms with Gasteiger partial charge in [-0.25, -0.2) is 0 Å². The van der Waals surface area contributed by atoms with Crippen molar-refractivity contribution < 1.29 is 0 Å². The van der Waals surface area contributed by atoms with Gasteiger partial charge in [0.15, 0.2) is 0 Å². The predicted molar refractivity (Wildman–Crippen MR) is 310 cm³/mol. The topological polar surface area (TPSA) is 8.17 Å². The molecule has 1 spiro atoms. The third-order valence-electron chi connectivity index (χ3n) is 16.8. The van der Waals surface area contributed by atoms with Crippen LogP contribution in [0.5, 0.6) is 0 Å². The molecule has 74 heavy (non-hydrogen) atoms. The Hall–Kier alpha value is -9.24. The van der Waals surface area contributed by atoms with E-state index in [1.54, 1.807) is 0 Å². The van der Waals surface area contributed by atoms with Crippen molar-refractivity contribution in [3.05, 3.63) is 294 Å². The van der Waals surface area contributed by atoms with Crippen LogP contribution in [0.4, 0.5) is 17.1 Å². The monoisotopic (exact) mass is 942 g/mol. The summed E-state index contributed by atoms with van der Waals surface area (Å²) in [6.45, 7) is 8.91. The van der Waals surface area contributed by atoms with Gasteiger partial charge in [-0.1, -0.05) is 202 Å². The van der Waals surface area contributed by atoms with Crippen LogP contribution in [0.1, 0.15) is 52.8 Å². The average Bonchev–Trinajstić information content (AvgIpc) is 4.15. The van der Waals surface area contributed by atoms with E-state index >= 15 is 0 Å². The van der Waals surface area contributed by atoms with Crippen molar-refractivity contribution in [2.75, 3.05) is 4.90 Å². The van der Waals surface area contributed by atoms with E-state index in [0.29, 0.717) is 0 Å². The van der Waals surface area contributed by atoms with Gasteiger partial charge in [0.05, 0.1) is 16.4 Å². The summed E-state index contributed by atoms with van der Waals surface area (Å²) < 4.78 is 2.48. The third-order valence-corrected chi connectivity index (χ3v) is 16.8. The van der Waals surface area contributed by atoms with Gasteiger partial charge < -0.3 is 9.47 Å². The van der Waals surface area contributed by atoms with Gasteiger partial charge in [-0.05, 0) is 167 Å². The van der Waals surface area contributed by atoms with E-state index < -0.39 is 5.41 Å². The van der Waals surface area contributed by atoms with Crippen LogP contribution in [0.2, 0.25) is 0 Å². The molecule has 0 saturated carbocycles. The molecule has 348 valence electrons. The molecule has 0 aliphatic heterocycles. The van der Waals surface area contributed by atoms with Gasteiger partial charge in [-0.3, -0.25) is 0 Å². The second kappa shape index (κ2) is 15.9. The summed E-state index contributed by atoms with van der Waals surface area (Å²) in [7, 11) is 0. The molecule has 0 N–H and O–H groups in total. The highest BCUT2D eigenvalue weighted by molar-refractivity contribution is 6.11. The Bertz CT molecular complexity index is 4270. The number of rotatable bonds is 7. The van der Waals surface area contributed by atoms with Crippen LogP contribution in [0.3, 0.4) is 0 Å². The number of aromatic nitrogens is 1. The van der Waals surface area contributed by atoms with Gasteiger partial charge in [0.1, 0.15) is 0 Å². The Morgan fingerprint density at radius 2 is 0.838 bits per heavy atom. The lowest BCUT2D eigenvalue weighted by atomic mass is 9.70. The van der Waals surface area contributed by atoms with Crippen LogP contribution in [0.15, 0.2) is 255 Å². The second-order valence-corrected chi connectivity index (χ2v) is 20.9. The smallest absolute Gasteiger partial charge is 0.0726 e. The zero-order valence-electron chi connectivity index (χ0n) is 41.4. The number of anilines is 3. The predicted octanol–water partition coefficient (Wildman–Crippen LogP) is 18.9. The van der Waals surface area contributed by atoms with Gasteiger partial charge >= 0.3 is 0 Å². The number of benzene rings is 11. The van der Waals surface area contributed by atoms with E-state index in [2.05, 4.69) is 279 Å². The quantitative estimate of drug-likeness (QED) is 0.155. The highest BCUT2D eigenvalue weighted by Crippen LogP contribution is 2.63. The van der Waals surface area contributed by atoms with Crippen LogP contribution < -0.4 is 4.90 Å². The first kappa shape index (κ1) is 42.4. The minimum Gasteiger partial charge on any atom is -0.310 e. The largest absolute Gasteiger partial charge is 0.310 e. The van der Waals surface area contributed by atoms with Crippen LogP contribution >= 0.6 is 0 Å². The maximum Gasteiger partial charge on any atom is 0.0726 e. The Morgan fingerprint density at radius 1 is 0.351 bits per heavy atom. The molecule has 2 nitrogen and oxygen atoms in total. The molecule has 11 aromatic carbocycles. The highest BCUT2D eigenvalue weighted by atomic mass is 15.1. The van der Waals surface area contributed by atoms with Gasteiger partial charge in [-0.15, -0.1) is 0 Å².